The molecular weight excluding hydrogens is 292 g/mol. The van der Waals surface area contributed by atoms with Gasteiger partial charge >= 0.3 is 0 Å². The fraction of sp³-hybridized carbons (Fsp3) is 1.00. The third kappa shape index (κ3) is 5.40. The fourth-order valence-corrected chi connectivity index (χ4v) is 4.26. The Hall–Kier alpha value is -0.200. The highest BCUT2D eigenvalue weighted by atomic mass is 16.5. The summed E-state index contributed by atoms with van der Waals surface area (Å²) in [5.41, 5.74) is 0.229. The summed E-state index contributed by atoms with van der Waals surface area (Å²) in [6, 6.07) is 0. The van der Waals surface area contributed by atoms with Gasteiger partial charge in [0, 0.05) is 57.5 Å². The number of aliphatic hydroxyl groups excluding tert-OH is 1. The van der Waals surface area contributed by atoms with Crippen molar-refractivity contribution >= 4 is 0 Å². The van der Waals surface area contributed by atoms with Crippen molar-refractivity contribution in [3.63, 3.8) is 0 Å². The summed E-state index contributed by atoms with van der Waals surface area (Å²) in [4.78, 5) is 5.12. The molecule has 2 rings (SSSR count). The van der Waals surface area contributed by atoms with E-state index in [1.807, 2.05) is 0 Å². The van der Waals surface area contributed by atoms with Crippen LogP contribution in [-0.2, 0) is 9.47 Å². The Morgan fingerprint density at radius 2 is 1.96 bits per heavy atom. The molecule has 0 unspecified atom stereocenters. The Kier molecular flexibility index (Phi) is 7.29. The van der Waals surface area contributed by atoms with Crippen LogP contribution in [0.5, 0.6) is 0 Å². The predicted molar refractivity (Wildman–Crippen MR) is 92.8 cm³/mol. The maximum absolute atomic E-state index is 10.0. The van der Waals surface area contributed by atoms with Crippen LogP contribution in [0.4, 0.5) is 0 Å². The Labute approximate surface area is 141 Å². The first-order valence-corrected chi connectivity index (χ1v) is 9.16. The SMILES string of the molecule is COCCC[C@]1(CO)CCCN(CC(C)(C)N2CCOCC2)C1. The minimum atomic E-state index is 0.0673. The van der Waals surface area contributed by atoms with Crippen molar-refractivity contribution in [2.24, 2.45) is 5.41 Å². The first kappa shape index (κ1) is 19.1. The lowest BCUT2D eigenvalue weighted by atomic mass is 9.76. The summed E-state index contributed by atoms with van der Waals surface area (Å²) in [6.07, 6.45) is 4.43. The van der Waals surface area contributed by atoms with Gasteiger partial charge in [0.1, 0.15) is 0 Å². The van der Waals surface area contributed by atoms with E-state index in [0.29, 0.717) is 6.61 Å². The Morgan fingerprint density at radius 3 is 2.61 bits per heavy atom. The van der Waals surface area contributed by atoms with Gasteiger partial charge in [-0.2, -0.15) is 0 Å². The first-order valence-electron chi connectivity index (χ1n) is 9.16. The molecule has 2 heterocycles. The van der Waals surface area contributed by atoms with Crippen molar-refractivity contribution in [3.05, 3.63) is 0 Å². The molecule has 5 heteroatoms. The lowest BCUT2D eigenvalue weighted by Gasteiger charge is -2.48. The zero-order valence-electron chi connectivity index (χ0n) is 15.4. The van der Waals surface area contributed by atoms with E-state index in [1.165, 1.54) is 6.42 Å². The summed E-state index contributed by atoms with van der Waals surface area (Å²) < 4.78 is 10.7. The monoisotopic (exact) mass is 328 g/mol. The van der Waals surface area contributed by atoms with Gasteiger partial charge in [-0.05, 0) is 46.1 Å². The highest BCUT2D eigenvalue weighted by molar-refractivity contribution is 4.92. The molecule has 136 valence electrons. The highest BCUT2D eigenvalue weighted by Crippen LogP contribution is 2.35. The van der Waals surface area contributed by atoms with Crippen molar-refractivity contribution in [2.75, 3.05) is 66.3 Å². The molecule has 0 aromatic heterocycles. The molecule has 2 fully saturated rings. The molecule has 2 aliphatic heterocycles. The summed E-state index contributed by atoms with van der Waals surface area (Å²) >= 11 is 0. The lowest BCUT2D eigenvalue weighted by molar-refractivity contribution is -0.0401. The first-order chi connectivity index (χ1) is 11.0. The number of aliphatic hydroxyl groups is 1. The molecule has 0 aromatic carbocycles. The van der Waals surface area contributed by atoms with Crippen LogP contribution >= 0.6 is 0 Å². The van der Waals surface area contributed by atoms with Gasteiger partial charge in [-0.15, -0.1) is 0 Å². The molecule has 0 saturated carbocycles. The van der Waals surface area contributed by atoms with E-state index in [4.69, 9.17) is 9.47 Å². The fourth-order valence-electron chi connectivity index (χ4n) is 4.26. The van der Waals surface area contributed by atoms with Crippen LogP contribution in [0, 0.1) is 5.41 Å². The number of methoxy groups -OCH3 is 1. The zero-order valence-corrected chi connectivity index (χ0v) is 15.4. The predicted octanol–water partition coefficient (Wildman–Crippen LogP) is 1.60. The molecular formula is C18H36N2O3. The molecule has 0 bridgehead atoms. The minimum Gasteiger partial charge on any atom is -0.396 e. The molecule has 0 amide bonds. The van der Waals surface area contributed by atoms with Crippen LogP contribution < -0.4 is 0 Å². The molecule has 0 aliphatic carbocycles. The standard InChI is InChI=1S/C18H36N2O3/c1-17(2,20-9-12-23-13-10-20)14-19-8-4-6-18(15-19,16-21)7-5-11-22-3/h21H,4-16H2,1-3H3/t18-/m1/s1. The van der Waals surface area contributed by atoms with Crippen LogP contribution in [0.2, 0.25) is 0 Å². The van der Waals surface area contributed by atoms with Crippen molar-refractivity contribution in [1.29, 1.82) is 0 Å². The highest BCUT2D eigenvalue weighted by Gasteiger charge is 2.37. The van der Waals surface area contributed by atoms with E-state index >= 15 is 0 Å². The number of nitrogens with zero attached hydrogens (tertiary/aromatic N) is 2. The van der Waals surface area contributed by atoms with Crippen molar-refractivity contribution in [3.8, 4) is 0 Å². The Balaban J connectivity index is 1.91. The van der Waals surface area contributed by atoms with Gasteiger partial charge in [0.15, 0.2) is 0 Å². The quantitative estimate of drug-likeness (QED) is 0.686. The second-order valence-electron chi connectivity index (χ2n) is 7.98. The number of ether oxygens (including phenoxy) is 2. The topological polar surface area (TPSA) is 45.2 Å². The van der Waals surface area contributed by atoms with Gasteiger partial charge in [0.05, 0.1) is 13.2 Å². The third-order valence-corrected chi connectivity index (χ3v) is 5.61. The Bertz CT molecular complexity index is 345. The molecule has 2 saturated heterocycles. The van der Waals surface area contributed by atoms with Gasteiger partial charge in [0.2, 0.25) is 0 Å². The van der Waals surface area contributed by atoms with Gasteiger partial charge in [0.25, 0.3) is 0 Å². The van der Waals surface area contributed by atoms with Crippen LogP contribution in [0.3, 0.4) is 0 Å². The van der Waals surface area contributed by atoms with Crippen LogP contribution in [-0.4, -0.2) is 86.7 Å². The number of likely N-dealkylation sites (tertiary alicyclic amines) is 1. The molecule has 1 N–H and O–H groups in total. The van der Waals surface area contributed by atoms with E-state index in [9.17, 15) is 5.11 Å². The van der Waals surface area contributed by atoms with Gasteiger partial charge in [-0.25, -0.2) is 0 Å². The van der Waals surface area contributed by atoms with E-state index in [0.717, 1.165) is 71.8 Å². The summed E-state index contributed by atoms with van der Waals surface area (Å²) in [5.74, 6) is 0. The smallest absolute Gasteiger partial charge is 0.0594 e. The maximum atomic E-state index is 10.0. The van der Waals surface area contributed by atoms with Crippen molar-refractivity contribution in [1.82, 2.24) is 9.80 Å². The second-order valence-corrected chi connectivity index (χ2v) is 7.98. The van der Waals surface area contributed by atoms with Crippen LogP contribution in [0.1, 0.15) is 39.5 Å². The lowest BCUT2D eigenvalue weighted by Crippen LogP contribution is -2.57. The van der Waals surface area contributed by atoms with Crippen LogP contribution in [0.15, 0.2) is 0 Å². The van der Waals surface area contributed by atoms with Gasteiger partial charge in [-0.1, -0.05) is 0 Å². The summed E-state index contributed by atoms with van der Waals surface area (Å²) in [6.45, 7) is 12.8. The Morgan fingerprint density at radius 1 is 1.22 bits per heavy atom. The number of morpholine rings is 1. The average Bonchev–Trinajstić information content (AvgIpc) is 2.56. The van der Waals surface area contributed by atoms with E-state index in [2.05, 4.69) is 23.6 Å². The van der Waals surface area contributed by atoms with E-state index in [1.54, 1.807) is 7.11 Å². The summed E-state index contributed by atoms with van der Waals surface area (Å²) in [5, 5.41) is 10.0. The largest absolute Gasteiger partial charge is 0.396 e. The molecule has 0 aromatic rings. The third-order valence-electron chi connectivity index (χ3n) is 5.61. The van der Waals surface area contributed by atoms with E-state index in [-0.39, 0.29) is 11.0 Å². The molecule has 23 heavy (non-hydrogen) atoms. The van der Waals surface area contributed by atoms with Gasteiger partial charge in [-0.3, -0.25) is 4.90 Å². The molecule has 2 aliphatic rings. The maximum Gasteiger partial charge on any atom is 0.0594 e. The molecule has 5 nitrogen and oxygen atoms in total. The molecule has 0 spiro atoms. The van der Waals surface area contributed by atoms with Crippen LogP contribution in [0.25, 0.3) is 0 Å². The molecule has 1 atom stereocenters. The number of hydrogen-bond donors (Lipinski definition) is 1. The summed E-state index contributed by atoms with van der Waals surface area (Å²) in [7, 11) is 1.75. The normalized spacial score (nSPS) is 28.2. The second kappa shape index (κ2) is 8.77. The van der Waals surface area contributed by atoms with Crippen molar-refractivity contribution < 1.29 is 14.6 Å². The van der Waals surface area contributed by atoms with Gasteiger partial charge < -0.3 is 19.5 Å². The number of piperidine rings is 1. The van der Waals surface area contributed by atoms with Crippen molar-refractivity contribution in [2.45, 2.75) is 45.1 Å². The zero-order chi connectivity index (χ0) is 16.8. The average molecular weight is 328 g/mol. The molecule has 0 radical (unpaired) electrons. The minimum absolute atomic E-state index is 0.0673. The number of hydrogen-bond acceptors (Lipinski definition) is 5. The van der Waals surface area contributed by atoms with E-state index < -0.39 is 0 Å². The number of rotatable bonds is 8.